The molecule has 116 valence electrons. The molecule has 0 saturated heterocycles. The molecule has 0 spiro atoms. The van der Waals surface area contributed by atoms with E-state index in [0.717, 1.165) is 0 Å². The number of methoxy groups -OCH3 is 4. The van der Waals surface area contributed by atoms with Crippen LogP contribution in [0.1, 0.15) is 16.2 Å². The fourth-order valence-corrected chi connectivity index (χ4v) is 1.77. The molecule has 0 amide bonds. The minimum absolute atomic E-state index is 0.152. The molecule has 2 aromatic heterocycles. The molecule has 0 N–H and O–H groups in total. The van der Waals surface area contributed by atoms with Crippen molar-refractivity contribution >= 4 is 5.78 Å². The van der Waals surface area contributed by atoms with Crippen LogP contribution in [0.4, 0.5) is 0 Å². The molecule has 2 heterocycles. The SMILES string of the molecule is COc1cc(OC)nc(C(=O)c2cc(OC)cc(OC)n2)c1. The molecular weight excluding hydrogens is 288 g/mol. The summed E-state index contributed by atoms with van der Waals surface area (Å²) in [4.78, 5) is 20.8. The van der Waals surface area contributed by atoms with Crippen molar-refractivity contribution in [3.63, 3.8) is 0 Å². The van der Waals surface area contributed by atoms with Gasteiger partial charge < -0.3 is 18.9 Å². The van der Waals surface area contributed by atoms with E-state index in [4.69, 9.17) is 18.9 Å². The Morgan fingerprint density at radius 3 is 1.45 bits per heavy atom. The first-order valence-electron chi connectivity index (χ1n) is 6.36. The number of hydrogen-bond acceptors (Lipinski definition) is 7. The maximum Gasteiger partial charge on any atom is 0.230 e. The fraction of sp³-hybridized carbons (Fsp3) is 0.267. The summed E-state index contributed by atoms with van der Waals surface area (Å²) in [5.41, 5.74) is 0.304. The first-order chi connectivity index (χ1) is 10.6. The number of rotatable bonds is 6. The highest BCUT2D eigenvalue weighted by molar-refractivity contribution is 6.07. The summed E-state index contributed by atoms with van der Waals surface area (Å²) in [6, 6.07) is 6.18. The van der Waals surface area contributed by atoms with Gasteiger partial charge in [-0.15, -0.1) is 0 Å². The number of hydrogen-bond donors (Lipinski definition) is 0. The van der Waals surface area contributed by atoms with Crippen molar-refractivity contribution in [2.75, 3.05) is 28.4 Å². The van der Waals surface area contributed by atoms with Crippen LogP contribution in [0.3, 0.4) is 0 Å². The Labute approximate surface area is 127 Å². The van der Waals surface area contributed by atoms with E-state index >= 15 is 0 Å². The number of carbonyl (C=O) groups excluding carboxylic acids is 1. The molecule has 7 heteroatoms. The minimum Gasteiger partial charge on any atom is -0.496 e. The Balaban J connectivity index is 2.47. The molecule has 0 aliphatic heterocycles. The van der Waals surface area contributed by atoms with Gasteiger partial charge in [-0.25, -0.2) is 9.97 Å². The molecule has 0 atom stereocenters. The van der Waals surface area contributed by atoms with Gasteiger partial charge in [-0.05, 0) is 0 Å². The fourth-order valence-electron chi connectivity index (χ4n) is 1.77. The van der Waals surface area contributed by atoms with Gasteiger partial charge in [0, 0.05) is 24.3 Å². The molecule has 0 aromatic carbocycles. The predicted molar refractivity (Wildman–Crippen MR) is 78.1 cm³/mol. The van der Waals surface area contributed by atoms with Crippen molar-refractivity contribution in [3.8, 4) is 23.3 Å². The molecule has 0 aliphatic rings. The lowest BCUT2D eigenvalue weighted by molar-refractivity contribution is 0.102. The number of aromatic nitrogens is 2. The standard InChI is InChI=1S/C15H16N2O5/c1-19-9-5-11(16-13(7-9)21-3)15(18)12-6-10(20-2)8-14(17-12)22-4/h5-8H,1-4H3. The van der Waals surface area contributed by atoms with Gasteiger partial charge in [0.05, 0.1) is 28.4 Å². The second-order valence-corrected chi connectivity index (χ2v) is 4.20. The molecule has 7 nitrogen and oxygen atoms in total. The number of ketones is 1. The zero-order chi connectivity index (χ0) is 16.1. The first kappa shape index (κ1) is 15.6. The molecule has 0 bridgehead atoms. The van der Waals surface area contributed by atoms with Gasteiger partial charge in [-0.1, -0.05) is 0 Å². The van der Waals surface area contributed by atoms with Crippen molar-refractivity contribution in [2.45, 2.75) is 0 Å². The van der Waals surface area contributed by atoms with E-state index < -0.39 is 5.78 Å². The lowest BCUT2D eigenvalue weighted by Crippen LogP contribution is -2.09. The Kier molecular flexibility index (Phi) is 4.77. The number of pyridine rings is 2. The van der Waals surface area contributed by atoms with Crippen molar-refractivity contribution < 1.29 is 23.7 Å². The summed E-state index contributed by atoms with van der Waals surface area (Å²) in [6.07, 6.45) is 0. The van der Waals surface area contributed by atoms with Gasteiger partial charge >= 0.3 is 0 Å². The Hall–Kier alpha value is -2.83. The maximum atomic E-state index is 12.6. The summed E-state index contributed by atoms with van der Waals surface area (Å²) >= 11 is 0. The summed E-state index contributed by atoms with van der Waals surface area (Å²) in [5.74, 6) is 1.08. The van der Waals surface area contributed by atoms with Gasteiger partial charge in [-0.2, -0.15) is 0 Å². The van der Waals surface area contributed by atoms with Gasteiger partial charge in [0.15, 0.2) is 0 Å². The summed E-state index contributed by atoms with van der Waals surface area (Å²) < 4.78 is 20.4. The van der Waals surface area contributed by atoms with Crippen LogP contribution in [-0.4, -0.2) is 44.2 Å². The number of ether oxygens (including phenoxy) is 4. The van der Waals surface area contributed by atoms with E-state index in [1.165, 1.54) is 40.6 Å². The van der Waals surface area contributed by atoms with Crippen LogP contribution in [0, 0.1) is 0 Å². The first-order valence-corrected chi connectivity index (χ1v) is 6.36. The van der Waals surface area contributed by atoms with Crippen molar-refractivity contribution in [2.24, 2.45) is 0 Å². The lowest BCUT2D eigenvalue weighted by atomic mass is 10.1. The summed E-state index contributed by atoms with van der Waals surface area (Å²) in [7, 11) is 5.91. The maximum absolute atomic E-state index is 12.6. The van der Waals surface area contributed by atoms with Crippen LogP contribution in [0.5, 0.6) is 23.3 Å². The van der Waals surface area contributed by atoms with E-state index in [1.807, 2.05) is 0 Å². The number of carbonyl (C=O) groups is 1. The summed E-state index contributed by atoms with van der Waals surface area (Å²) in [5, 5.41) is 0. The lowest BCUT2D eigenvalue weighted by Gasteiger charge is -2.08. The smallest absolute Gasteiger partial charge is 0.230 e. The minimum atomic E-state index is -0.394. The largest absolute Gasteiger partial charge is 0.496 e. The van der Waals surface area contributed by atoms with Crippen LogP contribution in [0.2, 0.25) is 0 Å². The van der Waals surface area contributed by atoms with E-state index in [2.05, 4.69) is 9.97 Å². The third kappa shape index (κ3) is 3.25. The third-order valence-corrected chi connectivity index (χ3v) is 2.91. The highest BCUT2D eigenvalue weighted by Crippen LogP contribution is 2.23. The van der Waals surface area contributed by atoms with Crippen LogP contribution in [0.25, 0.3) is 0 Å². The van der Waals surface area contributed by atoms with Crippen LogP contribution >= 0.6 is 0 Å². The molecule has 0 fully saturated rings. The Morgan fingerprint density at radius 1 is 0.727 bits per heavy atom. The highest BCUT2D eigenvalue weighted by Gasteiger charge is 2.17. The zero-order valence-electron chi connectivity index (χ0n) is 12.7. The van der Waals surface area contributed by atoms with Crippen LogP contribution in [0.15, 0.2) is 24.3 Å². The molecule has 0 unspecified atom stereocenters. The van der Waals surface area contributed by atoms with Gasteiger partial charge in [0.25, 0.3) is 0 Å². The number of nitrogens with zero attached hydrogens (tertiary/aromatic N) is 2. The topological polar surface area (TPSA) is 79.8 Å². The van der Waals surface area contributed by atoms with E-state index in [1.54, 1.807) is 12.1 Å². The van der Waals surface area contributed by atoms with E-state index in [0.29, 0.717) is 11.5 Å². The zero-order valence-corrected chi connectivity index (χ0v) is 12.7. The van der Waals surface area contributed by atoms with Gasteiger partial charge in [0.2, 0.25) is 17.5 Å². The monoisotopic (exact) mass is 304 g/mol. The quantitative estimate of drug-likeness (QED) is 0.752. The average Bonchev–Trinajstić information content (AvgIpc) is 2.59. The Morgan fingerprint density at radius 2 is 1.14 bits per heavy atom. The molecule has 2 rings (SSSR count). The highest BCUT2D eigenvalue weighted by atomic mass is 16.5. The Bertz CT molecular complexity index is 586. The second-order valence-electron chi connectivity index (χ2n) is 4.20. The van der Waals surface area contributed by atoms with Gasteiger partial charge in [0.1, 0.15) is 22.9 Å². The van der Waals surface area contributed by atoms with E-state index in [-0.39, 0.29) is 23.1 Å². The summed E-state index contributed by atoms with van der Waals surface area (Å²) in [6.45, 7) is 0. The molecule has 2 aromatic rings. The normalized spacial score (nSPS) is 10.0. The predicted octanol–water partition coefficient (Wildman–Crippen LogP) is 1.74. The molecule has 0 radical (unpaired) electrons. The molecular formula is C15H16N2O5. The van der Waals surface area contributed by atoms with Crippen LogP contribution < -0.4 is 18.9 Å². The van der Waals surface area contributed by atoms with Crippen LogP contribution in [-0.2, 0) is 0 Å². The molecule has 0 aliphatic carbocycles. The third-order valence-electron chi connectivity index (χ3n) is 2.91. The van der Waals surface area contributed by atoms with E-state index in [9.17, 15) is 4.79 Å². The van der Waals surface area contributed by atoms with Crippen molar-refractivity contribution in [1.82, 2.24) is 9.97 Å². The van der Waals surface area contributed by atoms with Crippen molar-refractivity contribution in [1.29, 1.82) is 0 Å². The van der Waals surface area contributed by atoms with Gasteiger partial charge in [-0.3, -0.25) is 4.79 Å². The van der Waals surface area contributed by atoms with Crippen molar-refractivity contribution in [3.05, 3.63) is 35.7 Å². The molecule has 22 heavy (non-hydrogen) atoms. The second kappa shape index (κ2) is 6.75. The average molecular weight is 304 g/mol. The molecule has 0 saturated carbocycles.